The topological polar surface area (TPSA) is 86.9 Å². The first-order chi connectivity index (χ1) is 4.68. The van der Waals surface area contributed by atoms with Gasteiger partial charge in [-0.2, -0.15) is 0 Å². The Bertz CT molecular complexity index is 242. The van der Waals surface area contributed by atoms with Crippen LogP contribution in [-0.4, -0.2) is 15.5 Å². The van der Waals surface area contributed by atoms with Crippen LogP contribution in [0.15, 0.2) is 12.5 Å². The van der Waals surface area contributed by atoms with Crippen molar-refractivity contribution >= 4 is 11.7 Å². The average Bonchev–Trinajstić information content (AvgIpc) is 2.13. The highest BCUT2D eigenvalue weighted by atomic mass is 16.1. The summed E-state index contributed by atoms with van der Waals surface area (Å²) >= 11 is 0. The van der Waals surface area contributed by atoms with Gasteiger partial charge in [0.25, 0.3) is 0 Å². The van der Waals surface area contributed by atoms with Crippen LogP contribution in [0, 0.1) is 0 Å². The number of nitrogens with two attached hydrogens (primary N) is 2. The van der Waals surface area contributed by atoms with Crippen LogP contribution < -0.4 is 11.5 Å². The first kappa shape index (κ1) is 6.60. The molecule has 1 rings (SSSR count). The summed E-state index contributed by atoms with van der Waals surface area (Å²) in [7, 11) is 0. The number of carbonyl (C=O) groups is 1. The Morgan fingerprint density at radius 2 is 2.50 bits per heavy atom. The molecule has 54 valence electrons. The highest BCUT2D eigenvalue weighted by molar-refractivity contribution is 5.73. The van der Waals surface area contributed by atoms with E-state index in [-0.39, 0.29) is 6.54 Å². The summed E-state index contributed by atoms with van der Waals surface area (Å²) in [5.74, 6) is -0.0151. The normalized spacial score (nSPS) is 9.60. The third-order valence-corrected chi connectivity index (χ3v) is 0.992. The zero-order valence-electron chi connectivity index (χ0n) is 5.32. The zero-order chi connectivity index (χ0) is 7.56. The summed E-state index contributed by atoms with van der Waals surface area (Å²) < 4.78 is 1.53. The van der Waals surface area contributed by atoms with Crippen molar-refractivity contribution in [3.63, 3.8) is 0 Å². The van der Waals surface area contributed by atoms with Crippen LogP contribution in [0.4, 0.5) is 5.82 Å². The number of rotatable bonds is 2. The van der Waals surface area contributed by atoms with Crippen molar-refractivity contribution in [2.75, 3.05) is 5.73 Å². The van der Waals surface area contributed by atoms with Gasteiger partial charge >= 0.3 is 0 Å². The minimum absolute atomic E-state index is 0.129. The van der Waals surface area contributed by atoms with Crippen LogP contribution in [0.5, 0.6) is 0 Å². The minimum Gasteiger partial charge on any atom is -0.382 e. The smallest absolute Gasteiger partial charge is 0.237 e. The molecule has 0 saturated heterocycles. The number of primary amides is 1. The second-order valence-corrected chi connectivity index (χ2v) is 1.94. The van der Waals surface area contributed by atoms with Crippen LogP contribution in [0.25, 0.3) is 0 Å². The highest BCUT2D eigenvalue weighted by Crippen LogP contribution is 1.94. The molecule has 0 aliphatic rings. The second kappa shape index (κ2) is 2.38. The van der Waals surface area contributed by atoms with E-state index in [1.54, 1.807) is 6.20 Å². The van der Waals surface area contributed by atoms with E-state index in [4.69, 9.17) is 11.5 Å². The summed E-state index contributed by atoms with van der Waals surface area (Å²) in [5, 5.41) is 0. The molecule has 0 atom stereocenters. The molecule has 0 radical (unpaired) electrons. The molecule has 1 aromatic heterocycles. The molecule has 5 nitrogen and oxygen atoms in total. The van der Waals surface area contributed by atoms with E-state index in [1.165, 1.54) is 10.9 Å². The maximum absolute atomic E-state index is 10.3. The Balaban J connectivity index is 2.67. The SMILES string of the molecule is NC(=O)Cn1cnc(N)c1. The van der Waals surface area contributed by atoms with Gasteiger partial charge in [-0.25, -0.2) is 4.98 Å². The van der Waals surface area contributed by atoms with Gasteiger partial charge in [-0.15, -0.1) is 0 Å². The molecule has 0 unspecified atom stereocenters. The fourth-order valence-electron chi connectivity index (χ4n) is 0.644. The highest BCUT2D eigenvalue weighted by Gasteiger charge is 1.96. The van der Waals surface area contributed by atoms with Crippen molar-refractivity contribution in [3.8, 4) is 0 Å². The van der Waals surface area contributed by atoms with Crippen molar-refractivity contribution in [2.24, 2.45) is 5.73 Å². The first-order valence-corrected chi connectivity index (χ1v) is 2.74. The van der Waals surface area contributed by atoms with Gasteiger partial charge in [-0.05, 0) is 0 Å². The lowest BCUT2D eigenvalue weighted by molar-refractivity contribution is -0.118. The van der Waals surface area contributed by atoms with Gasteiger partial charge in [-0.1, -0.05) is 0 Å². The van der Waals surface area contributed by atoms with Gasteiger partial charge in [-0.3, -0.25) is 4.79 Å². The molecular weight excluding hydrogens is 132 g/mol. The number of nitrogens with zero attached hydrogens (tertiary/aromatic N) is 2. The number of aromatic nitrogens is 2. The van der Waals surface area contributed by atoms with Crippen molar-refractivity contribution in [1.29, 1.82) is 0 Å². The Labute approximate surface area is 57.6 Å². The van der Waals surface area contributed by atoms with E-state index < -0.39 is 5.91 Å². The Hall–Kier alpha value is -1.52. The van der Waals surface area contributed by atoms with Crippen molar-refractivity contribution in [1.82, 2.24) is 9.55 Å². The number of amides is 1. The van der Waals surface area contributed by atoms with Crippen LogP contribution in [0.3, 0.4) is 0 Å². The van der Waals surface area contributed by atoms with Gasteiger partial charge in [0.05, 0.1) is 6.33 Å². The quantitative estimate of drug-likeness (QED) is 0.549. The molecule has 0 aliphatic heterocycles. The molecule has 10 heavy (non-hydrogen) atoms. The standard InChI is InChI=1S/C5H8N4O/c6-4-1-9(3-8-4)2-5(7)10/h1,3H,2,6H2,(H2,7,10). The summed E-state index contributed by atoms with van der Waals surface area (Å²) in [5.41, 5.74) is 10.2. The number of hydrogen-bond donors (Lipinski definition) is 2. The molecule has 0 aromatic carbocycles. The number of nitrogen functional groups attached to an aromatic ring is 1. The Kier molecular flexibility index (Phi) is 1.57. The third-order valence-electron chi connectivity index (χ3n) is 0.992. The van der Waals surface area contributed by atoms with E-state index in [0.717, 1.165) is 0 Å². The molecule has 0 saturated carbocycles. The number of anilines is 1. The number of carbonyl (C=O) groups excluding carboxylic acids is 1. The van der Waals surface area contributed by atoms with Crippen molar-refractivity contribution in [2.45, 2.75) is 6.54 Å². The van der Waals surface area contributed by atoms with E-state index >= 15 is 0 Å². The van der Waals surface area contributed by atoms with Gasteiger partial charge in [0.1, 0.15) is 12.4 Å². The molecule has 0 aliphatic carbocycles. The molecular formula is C5H8N4O. The summed E-state index contributed by atoms with van der Waals surface area (Å²) in [6.45, 7) is 0.129. The Morgan fingerprint density at radius 3 is 2.90 bits per heavy atom. The van der Waals surface area contributed by atoms with Crippen LogP contribution in [0.1, 0.15) is 0 Å². The average molecular weight is 140 g/mol. The molecule has 4 N–H and O–H groups in total. The van der Waals surface area contributed by atoms with Crippen LogP contribution in [-0.2, 0) is 11.3 Å². The fraction of sp³-hybridized carbons (Fsp3) is 0.200. The summed E-state index contributed by atoms with van der Waals surface area (Å²) in [6, 6.07) is 0. The second-order valence-electron chi connectivity index (χ2n) is 1.94. The lowest BCUT2D eigenvalue weighted by Gasteiger charge is -1.93. The van der Waals surface area contributed by atoms with Gasteiger partial charge in [0, 0.05) is 6.20 Å². The third kappa shape index (κ3) is 1.48. The monoisotopic (exact) mass is 140 g/mol. The van der Waals surface area contributed by atoms with Gasteiger partial charge in [0.2, 0.25) is 5.91 Å². The maximum atomic E-state index is 10.3. The molecule has 0 fully saturated rings. The predicted molar refractivity (Wildman–Crippen MR) is 35.8 cm³/mol. The zero-order valence-corrected chi connectivity index (χ0v) is 5.32. The molecule has 0 bridgehead atoms. The molecule has 0 spiro atoms. The van der Waals surface area contributed by atoms with E-state index in [1.807, 2.05) is 0 Å². The van der Waals surface area contributed by atoms with Crippen LogP contribution in [0.2, 0.25) is 0 Å². The summed E-state index contributed by atoms with van der Waals surface area (Å²) in [4.78, 5) is 14.0. The van der Waals surface area contributed by atoms with E-state index in [2.05, 4.69) is 4.98 Å². The largest absolute Gasteiger partial charge is 0.382 e. The molecule has 1 aromatic rings. The van der Waals surface area contributed by atoms with E-state index in [9.17, 15) is 4.79 Å². The lowest BCUT2D eigenvalue weighted by Crippen LogP contribution is -2.17. The van der Waals surface area contributed by atoms with Crippen molar-refractivity contribution in [3.05, 3.63) is 12.5 Å². The summed E-state index contributed by atoms with van der Waals surface area (Å²) in [6.07, 6.45) is 3.00. The van der Waals surface area contributed by atoms with Gasteiger partial charge < -0.3 is 16.0 Å². The number of imidazole rings is 1. The van der Waals surface area contributed by atoms with Crippen molar-refractivity contribution < 1.29 is 4.79 Å². The minimum atomic E-state index is -0.405. The predicted octanol–water partition coefficient (Wildman–Crippen LogP) is -1.05. The molecule has 5 heteroatoms. The first-order valence-electron chi connectivity index (χ1n) is 2.74. The van der Waals surface area contributed by atoms with Gasteiger partial charge in [0.15, 0.2) is 0 Å². The van der Waals surface area contributed by atoms with Crippen LogP contribution >= 0.6 is 0 Å². The lowest BCUT2D eigenvalue weighted by atomic mass is 10.6. The molecule has 1 amide bonds. The Morgan fingerprint density at radius 1 is 1.80 bits per heavy atom. The molecule has 1 heterocycles. The maximum Gasteiger partial charge on any atom is 0.237 e. The fourth-order valence-corrected chi connectivity index (χ4v) is 0.644. The number of hydrogen-bond acceptors (Lipinski definition) is 3. The van der Waals surface area contributed by atoms with E-state index in [0.29, 0.717) is 5.82 Å².